The van der Waals surface area contributed by atoms with Gasteiger partial charge in [-0.15, -0.1) is 11.3 Å². The molecule has 1 saturated heterocycles. The fraction of sp³-hybridized carbons (Fsp3) is 0.211. The Kier molecular flexibility index (Phi) is 3.97. The topological polar surface area (TPSA) is 62.3 Å². The molecule has 0 radical (unpaired) electrons. The van der Waals surface area contributed by atoms with E-state index in [-0.39, 0.29) is 24.2 Å². The molecule has 2 amide bonds. The zero-order valence-corrected chi connectivity index (χ0v) is 14.5. The lowest BCUT2D eigenvalue weighted by molar-refractivity contribution is -0.122. The predicted molar refractivity (Wildman–Crippen MR) is 99.9 cm³/mol. The molecule has 1 fully saturated rings. The normalized spacial score (nSPS) is 17.2. The fourth-order valence-electron chi connectivity index (χ4n) is 3.10. The van der Waals surface area contributed by atoms with Gasteiger partial charge < -0.3 is 10.2 Å². The molecule has 25 heavy (non-hydrogen) atoms. The number of thiazole rings is 1. The molecule has 5 nitrogen and oxygen atoms in total. The number of hydrogen-bond donors (Lipinski definition) is 1. The minimum atomic E-state index is -0.347. The molecule has 6 heteroatoms. The maximum absolute atomic E-state index is 12.5. The average molecular weight is 351 g/mol. The van der Waals surface area contributed by atoms with Gasteiger partial charge in [0.05, 0.1) is 21.1 Å². The summed E-state index contributed by atoms with van der Waals surface area (Å²) in [5, 5.41) is 3.88. The van der Waals surface area contributed by atoms with Crippen LogP contribution >= 0.6 is 11.3 Å². The second-order valence-electron chi connectivity index (χ2n) is 6.15. The van der Waals surface area contributed by atoms with E-state index in [1.165, 1.54) is 0 Å². The summed E-state index contributed by atoms with van der Waals surface area (Å²) in [6.07, 6.45) is 0.229. The van der Waals surface area contributed by atoms with E-state index in [1.54, 1.807) is 16.2 Å². The molecule has 1 atom stereocenters. The molecule has 2 heterocycles. The Morgan fingerprint density at radius 2 is 2.04 bits per heavy atom. The number of hydrogen-bond acceptors (Lipinski definition) is 4. The Morgan fingerprint density at radius 3 is 2.84 bits per heavy atom. The second kappa shape index (κ2) is 6.29. The monoisotopic (exact) mass is 351 g/mol. The molecule has 1 unspecified atom stereocenters. The van der Waals surface area contributed by atoms with Crippen LogP contribution in [0.4, 0.5) is 11.4 Å². The number of carbonyl (C=O) groups is 2. The van der Waals surface area contributed by atoms with Gasteiger partial charge in [-0.05, 0) is 37.3 Å². The number of rotatable bonds is 3. The van der Waals surface area contributed by atoms with Crippen LogP contribution in [-0.2, 0) is 9.59 Å². The van der Waals surface area contributed by atoms with Crippen molar-refractivity contribution in [3.8, 4) is 0 Å². The maximum atomic E-state index is 12.5. The first-order chi connectivity index (χ1) is 12.1. The number of fused-ring (bicyclic) bond motifs is 1. The molecule has 1 aliphatic heterocycles. The van der Waals surface area contributed by atoms with E-state index in [1.807, 2.05) is 55.5 Å². The van der Waals surface area contributed by atoms with Crippen molar-refractivity contribution in [2.24, 2.45) is 5.92 Å². The Labute approximate surface area is 149 Å². The van der Waals surface area contributed by atoms with Gasteiger partial charge in [-0.25, -0.2) is 4.98 Å². The van der Waals surface area contributed by atoms with Crippen molar-refractivity contribution in [2.75, 3.05) is 16.8 Å². The summed E-state index contributed by atoms with van der Waals surface area (Å²) < 4.78 is 1.10. The van der Waals surface area contributed by atoms with Crippen molar-refractivity contribution in [2.45, 2.75) is 13.3 Å². The van der Waals surface area contributed by atoms with Crippen molar-refractivity contribution in [1.29, 1.82) is 0 Å². The van der Waals surface area contributed by atoms with Crippen LogP contribution in [0, 0.1) is 12.8 Å². The van der Waals surface area contributed by atoms with Crippen molar-refractivity contribution in [3.63, 3.8) is 0 Å². The lowest BCUT2D eigenvalue weighted by Gasteiger charge is -2.16. The smallest absolute Gasteiger partial charge is 0.229 e. The van der Waals surface area contributed by atoms with Gasteiger partial charge in [-0.1, -0.05) is 18.2 Å². The Balaban J connectivity index is 1.52. The van der Waals surface area contributed by atoms with Gasteiger partial charge in [0.2, 0.25) is 11.8 Å². The number of aryl methyl sites for hydroxylation is 1. The molecule has 0 saturated carbocycles. The molecule has 126 valence electrons. The number of carbonyl (C=O) groups excluding carboxylic acids is 2. The lowest BCUT2D eigenvalue weighted by atomic mass is 10.1. The number of amides is 2. The first kappa shape index (κ1) is 15.8. The van der Waals surface area contributed by atoms with Crippen molar-refractivity contribution < 1.29 is 9.59 Å². The van der Waals surface area contributed by atoms with Crippen molar-refractivity contribution in [1.82, 2.24) is 4.98 Å². The molecular weight excluding hydrogens is 334 g/mol. The van der Waals surface area contributed by atoms with Gasteiger partial charge in [0.25, 0.3) is 0 Å². The van der Waals surface area contributed by atoms with Gasteiger partial charge in [0.1, 0.15) is 0 Å². The highest BCUT2D eigenvalue weighted by atomic mass is 32.1. The van der Waals surface area contributed by atoms with E-state index >= 15 is 0 Å². The highest BCUT2D eigenvalue weighted by Gasteiger charge is 2.35. The summed E-state index contributed by atoms with van der Waals surface area (Å²) in [5.41, 5.74) is 2.44. The van der Waals surface area contributed by atoms with Gasteiger partial charge in [-0.3, -0.25) is 9.59 Å². The molecule has 1 N–H and O–H groups in total. The molecule has 1 aromatic heterocycles. The zero-order chi connectivity index (χ0) is 17.4. The molecular formula is C19H17N3O2S. The van der Waals surface area contributed by atoms with Crippen LogP contribution in [0.25, 0.3) is 10.2 Å². The van der Waals surface area contributed by atoms with Gasteiger partial charge >= 0.3 is 0 Å². The van der Waals surface area contributed by atoms with Crippen LogP contribution in [0.3, 0.4) is 0 Å². The molecule has 4 rings (SSSR count). The lowest BCUT2D eigenvalue weighted by Crippen LogP contribution is -2.28. The van der Waals surface area contributed by atoms with Crippen molar-refractivity contribution in [3.05, 3.63) is 53.5 Å². The average Bonchev–Trinajstić information content (AvgIpc) is 3.16. The number of para-hydroxylation sites is 1. The van der Waals surface area contributed by atoms with Crippen LogP contribution in [0.1, 0.15) is 11.4 Å². The highest BCUT2D eigenvalue weighted by Crippen LogP contribution is 2.30. The highest BCUT2D eigenvalue weighted by molar-refractivity contribution is 7.18. The van der Waals surface area contributed by atoms with Crippen LogP contribution in [0.2, 0.25) is 0 Å². The number of aromatic nitrogens is 1. The quantitative estimate of drug-likeness (QED) is 0.784. The third kappa shape index (κ3) is 3.13. The van der Waals surface area contributed by atoms with E-state index in [4.69, 9.17) is 0 Å². The minimum Gasteiger partial charge on any atom is -0.326 e. The Bertz CT molecular complexity index is 952. The Hall–Kier alpha value is -2.73. The molecule has 3 aromatic rings. The Morgan fingerprint density at radius 1 is 1.24 bits per heavy atom. The van der Waals surface area contributed by atoms with Crippen LogP contribution in [0.15, 0.2) is 48.5 Å². The largest absolute Gasteiger partial charge is 0.326 e. The first-order valence-corrected chi connectivity index (χ1v) is 8.95. The van der Waals surface area contributed by atoms with Gasteiger partial charge in [0.15, 0.2) is 0 Å². The number of benzene rings is 2. The summed E-state index contributed by atoms with van der Waals surface area (Å²) in [4.78, 5) is 31.0. The van der Waals surface area contributed by atoms with Crippen LogP contribution in [-0.4, -0.2) is 23.3 Å². The molecule has 0 aliphatic carbocycles. The summed E-state index contributed by atoms with van der Waals surface area (Å²) >= 11 is 1.63. The van der Waals surface area contributed by atoms with E-state index in [2.05, 4.69) is 10.3 Å². The third-order valence-electron chi connectivity index (χ3n) is 4.33. The van der Waals surface area contributed by atoms with E-state index in [0.29, 0.717) is 6.54 Å². The summed E-state index contributed by atoms with van der Waals surface area (Å²) in [7, 11) is 0. The molecule has 0 bridgehead atoms. The fourth-order valence-corrected chi connectivity index (χ4v) is 3.90. The summed E-state index contributed by atoms with van der Waals surface area (Å²) in [6, 6.07) is 15.1. The SMILES string of the molecule is Cc1nc2cc(N3CC(C(=O)Nc4ccccc4)CC3=O)ccc2s1. The number of nitrogens with zero attached hydrogens (tertiary/aromatic N) is 2. The number of anilines is 2. The zero-order valence-electron chi connectivity index (χ0n) is 13.7. The van der Waals surface area contributed by atoms with Crippen molar-refractivity contribution >= 4 is 44.7 Å². The molecule has 1 aliphatic rings. The van der Waals surface area contributed by atoms with Crippen LogP contribution < -0.4 is 10.2 Å². The molecule has 2 aromatic carbocycles. The van der Waals surface area contributed by atoms with E-state index < -0.39 is 0 Å². The number of nitrogens with one attached hydrogen (secondary N) is 1. The molecule has 0 spiro atoms. The maximum Gasteiger partial charge on any atom is 0.229 e. The van der Waals surface area contributed by atoms with Crippen LogP contribution in [0.5, 0.6) is 0 Å². The third-order valence-corrected chi connectivity index (χ3v) is 5.28. The van der Waals surface area contributed by atoms with Gasteiger partial charge in [-0.2, -0.15) is 0 Å². The second-order valence-corrected chi connectivity index (χ2v) is 7.38. The van der Waals surface area contributed by atoms with E-state index in [9.17, 15) is 9.59 Å². The summed E-state index contributed by atoms with van der Waals surface area (Å²) in [5.74, 6) is -0.493. The minimum absolute atomic E-state index is 0.0282. The summed E-state index contributed by atoms with van der Waals surface area (Å²) in [6.45, 7) is 2.36. The van der Waals surface area contributed by atoms with Gasteiger partial charge in [0, 0.05) is 24.3 Å². The standard InChI is InChI=1S/C19H17N3O2S/c1-12-20-16-10-15(7-8-17(16)25-12)22-11-13(9-18(22)23)19(24)21-14-5-3-2-4-6-14/h2-8,10,13H,9,11H2,1H3,(H,21,24). The predicted octanol–water partition coefficient (Wildman–Crippen LogP) is 3.60. The first-order valence-electron chi connectivity index (χ1n) is 8.13. The van der Waals surface area contributed by atoms with E-state index in [0.717, 1.165) is 26.6 Å².